The number of ether oxygens (including phenoxy) is 2. The highest BCUT2D eigenvalue weighted by atomic mass is 31.2. The van der Waals surface area contributed by atoms with E-state index < -0.39 is 26.5 Å². The highest BCUT2D eigenvalue weighted by molar-refractivity contribution is 7.47. The normalized spacial score (nSPS) is 13.8. The molecule has 0 heterocycles. The van der Waals surface area contributed by atoms with E-state index in [1.54, 1.807) is 0 Å². The summed E-state index contributed by atoms with van der Waals surface area (Å²) in [5, 5.41) is 0. The van der Waals surface area contributed by atoms with Crippen molar-refractivity contribution in [3.05, 3.63) is 85.1 Å². The van der Waals surface area contributed by atoms with Crippen molar-refractivity contribution in [3.8, 4) is 0 Å². The monoisotopic (exact) mass is 930 g/mol. The highest BCUT2D eigenvalue weighted by Crippen LogP contribution is 2.43. The van der Waals surface area contributed by atoms with Gasteiger partial charge in [-0.15, -0.1) is 0 Å². The maximum atomic E-state index is 12.7. The molecule has 0 aliphatic carbocycles. The number of allylic oxidation sites excluding steroid dienone is 14. The molecular formula is C55H96NO8P. The molecule has 374 valence electrons. The van der Waals surface area contributed by atoms with Crippen molar-refractivity contribution >= 4 is 19.8 Å². The van der Waals surface area contributed by atoms with Gasteiger partial charge in [-0.1, -0.05) is 221 Å². The Bertz CT molecular complexity index is 1340. The van der Waals surface area contributed by atoms with E-state index in [0.717, 1.165) is 89.9 Å². The van der Waals surface area contributed by atoms with Crippen LogP contribution in [0.3, 0.4) is 0 Å². The van der Waals surface area contributed by atoms with Gasteiger partial charge in [-0.3, -0.25) is 18.6 Å². The first kappa shape index (κ1) is 62.2. The van der Waals surface area contributed by atoms with E-state index in [1.807, 2.05) is 0 Å². The van der Waals surface area contributed by atoms with Crippen molar-refractivity contribution in [1.29, 1.82) is 0 Å². The van der Waals surface area contributed by atoms with Crippen LogP contribution in [0.15, 0.2) is 85.1 Å². The zero-order valence-corrected chi connectivity index (χ0v) is 42.3. The fraction of sp³-hybridized carbons (Fsp3) is 0.709. The zero-order valence-electron chi connectivity index (χ0n) is 41.4. The maximum absolute atomic E-state index is 12.7. The van der Waals surface area contributed by atoms with Gasteiger partial charge in [0.1, 0.15) is 6.61 Å². The van der Waals surface area contributed by atoms with Gasteiger partial charge in [0.25, 0.3) is 0 Å². The molecule has 0 aromatic rings. The van der Waals surface area contributed by atoms with Crippen LogP contribution in [0.1, 0.15) is 219 Å². The summed E-state index contributed by atoms with van der Waals surface area (Å²) in [6.07, 6.45) is 64.8. The standard InChI is InChI=1S/C55H96NO8P/c1-3-5-7-9-11-13-15-17-18-19-20-21-22-23-24-25-26-27-28-29-30-31-32-33-34-36-38-40-42-44-46-48-55(58)64-53(52-63-65(59,60)62-50-49-56)51-61-54(57)47-45-43-41-39-37-35-16-14-12-10-8-6-4-2/h5,7,11,13,17-18,20-21,23-24,26-27,29-30,53H,3-4,6,8-10,12,14-16,19,22,25,28,31-52,56H2,1-2H3,(H,59,60)/b7-5-,13-11-,18-17-,21-20-,24-23-,27-26-,30-29-. The number of carbonyl (C=O) groups excluding carboxylic acids is 2. The van der Waals surface area contributed by atoms with Gasteiger partial charge in [0.2, 0.25) is 0 Å². The van der Waals surface area contributed by atoms with Gasteiger partial charge in [0.05, 0.1) is 13.2 Å². The average Bonchev–Trinajstić information content (AvgIpc) is 3.30. The number of hydrogen-bond donors (Lipinski definition) is 2. The number of esters is 2. The largest absolute Gasteiger partial charge is 0.472 e. The highest BCUT2D eigenvalue weighted by Gasteiger charge is 2.26. The number of phosphoric acid groups is 1. The summed E-state index contributed by atoms with van der Waals surface area (Å²) in [4.78, 5) is 35.0. The Morgan fingerprint density at radius 3 is 1.26 bits per heavy atom. The zero-order chi connectivity index (χ0) is 47.4. The number of unbranched alkanes of at least 4 members (excludes halogenated alkanes) is 21. The lowest BCUT2D eigenvalue weighted by Gasteiger charge is -2.19. The van der Waals surface area contributed by atoms with Crippen molar-refractivity contribution in [1.82, 2.24) is 0 Å². The van der Waals surface area contributed by atoms with E-state index in [0.29, 0.717) is 6.42 Å². The topological polar surface area (TPSA) is 134 Å². The minimum absolute atomic E-state index is 0.0499. The molecular weight excluding hydrogens is 834 g/mol. The predicted molar refractivity (Wildman–Crippen MR) is 275 cm³/mol. The molecule has 9 nitrogen and oxygen atoms in total. The smallest absolute Gasteiger partial charge is 0.462 e. The van der Waals surface area contributed by atoms with Gasteiger partial charge in [-0.05, 0) is 70.6 Å². The van der Waals surface area contributed by atoms with Gasteiger partial charge in [0, 0.05) is 19.4 Å². The number of phosphoric ester groups is 1. The second-order valence-corrected chi connectivity index (χ2v) is 18.5. The van der Waals surface area contributed by atoms with Crippen molar-refractivity contribution in [2.75, 3.05) is 26.4 Å². The lowest BCUT2D eigenvalue weighted by Crippen LogP contribution is -2.29. The van der Waals surface area contributed by atoms with Gasteiger partial charge < -0.3 is 20.1 Å². The van der Waals surface area contributed by atoms with E-state index >= 15 is 0 Å². The molecule has 2 atom stereocenters. The summed E-state index contributed by atoms with van der Waals surface area (Å²) in [6, 6.07) is 0. The van der Waals surface area contributed by atoms with Crippen molar-refractivity contribution < 1.29 is 37.6 Å². The molecule has 0 rings (SSSR count). The molecule has 0 saturated carbocycles. The minimum Gasteiger partial charge on any atom is -0.462 e. The van der Waals surface area contributed by atoms with E-state index in [9.17, 15) is 19.0 Å². The average molecular weight is 930 g/mol. The number of rotatable bonds is 48. The van der Waals surface area contributed by atoms with E-state index in [2.05, 4.69) is 98.9 Å². The van der Waals surface area contributed by atoms with Crippen molar-refractivity contribution in [3.63, 3.8) is 0 Å². The lowest BCUT2D eigenvalue weighted by molar-refractivity contribution is -0.161. The Labute approximate surface area is 398 Å². The molecule has 0 saturated heterocycles. The Kier molecular flexibility index (Phi) is 48.4. The third kappa shape index (κ3) is 50.4. The van der Waals surface area contributed by atoms with E-state index in [1.165, 1.54) is 96.3 Å². The third-order valence-corrected chi connectivity index (χ3v) is 11.8. The summed E-state index contributed by atoms with van der Waals surface area (Å²) in [5.41, 5.74) is 5.36. The van der Waals surface area contributed by atoms with Crippen LogP contribution in [-0.4, -0.2) is 49.3 Å². The molecule has 0 aromatic carbocycles. The Balaban J connectivity index is 4.02. The predicted octanol–water partition coefficient (Wildman–Crippen LogP) is 16.0. The van der Waals surface area contributed by atoms with Crippen molar-refractivity contribution in [2.45, 2.75) is 225 Å². The van der Waals surface area contributed by atoms with Gasteiger partial charge in [0.15, 0.2) is 6.10 Å². The third-order valence-electron chi connectivity index (χ3n) is 10.8. The fourth-order valence-electron chi connectivity index (χ4n) is 6.97. The van der Waals surface area contributed by atoms with Crippen LogP contribution in [0.4, 0.5) is 0 Å². The summed E-state index contributed by atoms with van der Waals surface area (Å²) in [7, 11) is -4.39. The van der Waals surface area contributed by atoms with Gasteiger partial charge >= 0.3 is 19.8 Å². The maximum Gasteiger partial charge on any atom is 0.472 e. The van der Waals surface area contributed by atoms with Crippen LogP contribution in [-0.2, 0) is 32.7 Å². The first-order chi connectivity index (χ1) is 31.8. The SMILES string of the molecule is CC/C=C\C/C=C\C/C=C\C/C=C\C/C=C\C/C=C\C/C=C\CCCCCCCCCCCC(=O)OC(COC(=O)CCCCCCCCCCCCCCC)COP(=O)(O)OCCN. The van der Waals surface area contributed by atoms with Crippen LogP contribution in [0.5, 0.6) is 0 Å². The molecule has 0 amide bonds. The van der Waals surface area contributed by atoms with Gasteiger partial charge in [-0.25, -0.2) is 4.57 Å². The Hall–Kier alpha value is -2.81. The number of hydrogen-bond acceptors (Lipinski definition) is 8. The second kappa shape index (κ2) is 50.6. The first-order valence-electron chi connectivity index (χ1n) is 26.1. The van der Waals surface area contributed by atoms with Crippen molar-refractivity contribution in [2.24, 2.45) is 5.73 Å². The minimum atomic E-state index is -4.39. The molecule has 0 aliphatic rings. The fourth-order valence-corrected chi connectivity index (χ4v) is 7.73. The Morgan fingerprint density at radius 2 is 0.846 bits per heavy atom. The molecule has 0 spiro atoms. The van der Waals surface area contributed by atoms with Crippen LogP contribution >= 0.6 is 7.82 Å². The molecule has 0 radical (unpaired) electrons. The van der Waals surface area contributed by atoms with Crippen LogP contribution < -0.4 is 5.73 Å². The molecule has 10 heteroatoms. The molecule has 2 unspecified atom stereocenters. The molecule has 3 N–H and O–H groups in total. The quantitative estimate of drug-likeness (QED) is 0.0265. The van der Waals surface area contributed by atoms with E-state index in [-0.39, 0.29) is 38.6 Å². The molecule has 0 aliphatic heterocycles. The molecule has 0 bridgehead atoms. The molecule has 65 heavy (non-hydrogen) atoms. The number of carbonyl (C=O) groups is 2. The van der Waals surface area contributed by atoms with Crippen LogP contribution in [0.25, 0.3) is 0 Å². The second-order valence-electron chi connectivity index (χ2n) is 17.0. The lowest BCUT2D eigenvalue weighted by atomic mass is 10.0. The summed E-state index contributed by atoms with van der Waals surface area (Å²) < 4.78 is 32.9. The van der Waals surface area contributed by atoms with Gasteiger partial charge in [-0.2, -0.15) is 0 Å². The number of nitrogens with two attached hydrogens (primary N) is 1. The van der Waals surface area contributed by atoms with Crippen LogP contribution in [0, 0.1) is 0 Å². The van der Waals surface area contributed by atoms with Crippen LogP contribution in [0.2, 0.25) is 0 Å². The molecule has 0 aromatic heterocycles. The molecule has 0 fully saturated rings. The summed E-state index contributed by atoms with van der Waals surface area (Å²) >= 11 is 0. The summed E-state index contributed by atoms with van der Waals surface area (Å²) in [5.74, 6) is -0.835. The van der Waals surface area contributed by atoms with E-state index in [4.69, 9.17) is 24.3 Å². The Morgan fingerprint density at radius 1 is 0.477 bits per heavy atom. The first-order valence-corrected chi connectivity index (χ1v) is 27.6. The summed E-state index contributed by atoms with van der Waals surface area (Å²) in [6.45, 7) is 3.62.